The number of ether oxygens (including phenoxy) is 2. The van der Waals surface area contributed by atoms with Crippen LogP contribution in [0.15, 0.2) is 42.5 Å². The molecule has 132 valence electrons. The van der Waals surface area contributed by atoms with E-state index in [0.717, 1.165) is 12.8 Å². The van der Waals surface area contributed by atoms with E-state index in [4.69, 9.17) is 9.47 Å². The molecule has 1 aromatic carbocycles. The van der Waals surface area contributed by atoms with Crippen molar-refractivity contribution >= 4 is 11.9 Å². The number of carbonyl (C=O) groups is 2. The first-order valence-electron chi connectivity index (χ1n) is 8.38. The van der Waals surface area contributed by atoms with Gasteiger partial charge in [0, 0.05) is 6.54 Å². The van der Waals surface area contributed by atoms with Crippen molar-refractivity contribution < 1.29 is 19.1 Å². The van der Waals surface area contributed by atoms with Crippen LogP contribution in [0.1, 0.15) is 25.8 Å². The summed E-state index contributed by atoms with van der Waals surface area (Å²) in [5.74, 6) is -0.668. The number of benzene rings is 1. The van der Waals surface area contributed by atoms with Crippen molar-refractivity contribution in [3.63, 3.8) is 0 Å². The molecule has 5 heteroatoms. The first-order chi connectivity index (χ1) is 11.7. The summed E-state index contributed by atoms with van der Waals surface area (Å²) in [5, 5.41) is 0. The van der Waals surface area contributed by atoms with Crippen molar-refractivity contribution in [1.29, 1.82) is 0 Å². The SMILES string of the molecule is CCOC(=O)CN(C/C=C/CCc1ccccc1)CC(=O)OCC. The average Bonchev–Trinajstić information content (AvgIpc) is 2.55. The maximum atomic E-state index is 11.6. The Hall–Kier alpha value is -2.14. The van der Waals surface area contributed by atoms with Gasteiger partial charge < -0.3 is 9.47 Å². The van der Waals surface area contributed by atoms with Gasteiger partial charge >= 0.3 is 11.9 Å². The molecule has 0 saturated heterocycles. The third-order valence-electron chi connectivity index (χ3n) is 3.29. The van der Waals surface area contributed by atoms with Crippen LogP contribution in [0, 0.1) is 0 Å². The van der Waals surface area contributed by atoms with Gasteiger partial charge in [0.25, 0.3) is 0 Å². The van der Waals surface area contributed by atoms with Gasteiger partial charge in [-0.2, -0.15) is 0 Å². The highest BCUT2D eigenvalue weighted by atomic mass is 16.5. The van der Waals surface area contributed by atoms with Crippen molar-refractivity contribution in [3.8, 4) is 0 Å². The second-order valence-electron chi connectivity index (χ2n) is 5.28. The van der Waals surface area contributed by atoms with Crippen LogP contribution in [-0.4, -0.2) is 49.7 Å². The average molecular weight is 333 g/mol. The second kappa shape index (κ2) is 12.3. The topological polar surface area (TPSA) is 55.8 Å². The molecule has 24 heavy (non-hydrogen) atoms. The van der Waals surface area contributed by atoms with E-state index in [1.165, 1.54) is 5.56 Å². The highest BCUT2D eigenvalue weighted by Crippen LogP contribution is 2.03. The minimum absolute atomic E-state index is 0.0790. The number of hydrogen-bond donors (Lipinski definition) is 0. The smallest absolute Gasteiger partial charge is 0.320 e. The van der Waals surface area contributed by atoms with Crippen LogP contribution >= 0.6 is 0 Å². The van der Waals surface area contributed by atoms with E-state index in [1.807, 2.05) is 24.3 Å². The lowest BCUT2D eigenvalue weighted by Gasteiger charge is -2.18. The van der Waals surface area contributed by atoms with E-state index in [0.29, 0.717) is 19.8 Å². The number of rotatable bonds is 11. The van der Waals surface area contributed by atoms with Crippen molar-refractivity contribution in [3.05, 3.63) is 48.0 Å². The van der Waals surface area contributed by atoms with E-state index < -0.39 is 0 Å². The van der Waals surface area contributed by atoms with Crippen molar-refractivity contribution in [2.75, 3.05) is 32.8 Å². The Balaban J connectivity index is 2.42. The molecule has 1 rings (SSSR count). The fraction of sp³-hybridized carbons (Fsp3) is 0.474. The summed E-state index contributed by atoms with van der Waals surface area (Å²) in [5.41, 5.74) is 1.29. The maximum Gasteiger partial charge on any atom is 0.320 e. The number of allylic oxidation sites excluding steroid dienone is 1. The van der Waals surface area contributed by atoms with Gasteiger partial charge in [-0.3, -0.25) is 14.5 Å². The van der Waals surface area contributed by atoms with E-state index in [9.17, 15) is 9.59 Å². The van der Waals surface area contributed by atoms with Crippen LogP contribution in [-0.2, 0) is 25.5 Å². The molecular formula is C19H27NO4. The molecule has 0 aliphatic heterocycles. The molecular weight excluding hydrogens is 306 g/mol. The van der Waals surface area contributed by atoms with Crippen LogP contribution in [0.2, 0.25) is 0 Å². The van der Waals surface area contributed by atoms with Gasteiger partial charge in [0.15, 0.2) is 0 Å². The van der Waals surface area contributed by atoms with Crippen LogP contribution in [0.4, 0.5) is 0 Å². The Morgan fingerprint density at radius 2 is 1.54 bits per heavy atom. The van der Waals surface area contributed by atoms with Gasteiger partial charge in [0.1, 0.15) is 0 Å². The largest absolute Gasteiger partial charge is 0.465 e. The van der Waals surface area contributed by atoms with Gasteiger partial charge in [-0.1, -0.05) is 42.5 Å². The van der Waals surface area contributed by atoms with Crippen molar-refractivity contribution in [2.24, 2.45) is 0 Å². The summed E-state index contributed by atoms with van der Waals surface area (Å²) < 4.78 is 9.88. The van der Waals surface area contributed by atoms with Crippen molar-refractivity contribution in [2.45, 2.75) is 26.7 Å². The van der Waals surface area contributed by atoms with Crippen LogP contribution < -0.4 is 0 Å². The second-order valence-corrected chi connectivity index (χ2v) is 5.28. The number of aryl methyl sites for hydroxylation is 1. The molecule has 0 atom stereocenters. The number of carbonyl (C=O) groups excluding carboxylic acids is 2. The normalized spacial score (nSPS) is 11.0. The lowest BCUT2D eigenvalue weighted by molar-refractivity contribution is -0.147. The Kier molecular flexibility index (Phi) is 10.2. The van der Waals surface area contributed by atoms with Crippen molar-refractivity contribution in [1.82, 2.24) is 4.90 Å². The van der Waals surface area contributed by atoms with Gasteiger partial charge in [0.05, 0.1) is 26.3 Å². The van der Waals surface area contributed by atoms with Gasteiger partial charge in [0.2, 0.25) is 0 Å². The number of hydrogen-bond acceptors (Lipinski definition) is 5. The number of esters is 2. The zero-order chi connectivity index (χ0) is 17.6. The van der Waals surface area contributed by atoms with E-state index in [2.05, 4.69) is 18.2 Å². The molecule has 0 saturated carbocycles. The molecule has 0 bridgehead atoms. The number of nitrogens with zero attached hydrogens (tertiary/aromatic N) is 1. The van der Waals surface area contributed by atoms with Crippen LogP contribution in [0.25, 0.3) is 0 Å². The lowest BCUT2D eigenvalue weighted by atomic mass is 10.1. The van der Waals surface area contributed by atoms with Crippen LogP contribution in [0.5, 0.6) is 0 Å². The monoisotopic (exact) mass is 333 g/mol. The molecule has 0 amide bonds. The predicted molar refractivity (Wildman–Crippen MR) is 93.6 cm³/mol. The predicted octanol–water partition coefficient (Wildman–Crippen LogP) is 2.60. The summed E-state index contributed by atoms with van der Waals surface area (Å²) in [7, 11) is 0. The molecule has 1 aromatic rings. The van der Waals surface area contributed by atoms with Gasteiger partial charge in [-0.25, -0.2) is 0 Å². The minimum Gasteiger partial charge on any atom is -0.465 e. The molecule has 0 heterocycles. The summed E-state index contributed by atoms with van der Waals surface area (Å²) in [6, 6.07) is 10.3. The standard InChI is InChI=1S/C19H27NO4/c1-3-23-18(21)15-20(16-19(22)24-4-2)14-10-6-9-13-17-11-7-5-8-12-17/h5-8,10-12H,3-4,9,13-16H2,1-2H3/b10-6+. The Morgan fingerprint density at radius 3 is 2.08 bits per heavy atom. The highest BCUT2D eigenvalue weighted by molar-refractivity contribution is 5.75. The minimum atomic E-state index is -0.334. The molecule has 0 aromatic heterocycles. The molecule has 0 radical (unpaired) electrons. The molecule has 0 aliphatic rings. The molecule has 0 aliphatic carbocycles. The molecule has 0 N–H and O–H groups in total. The van der Waals surface area contributed by atoms with E-state index >= 15 is 0 Å². The van der Waals surface area contributed by atoms with E-state index in [-0.39, 0.29) is 25.0 Å². The first-order valence-corrected chi connectivity index (χ1v) is 8.38. The third kappa shape index (κ3) is 9.10. The molecule has 0 fully saturated rings. The Labute approximate surface area is 144 Å². The molecule has 5 nitrogen and oxygen atoms in total. The molecule has 0 unspecified atom stereocenters. The zero-order valence-electron chi connectivity index (χ0n) is 14.6. The summed E-state index contributed by atoms with van der Waals surface area (Å²) in [6.45, 7) is 4.85. The fourth-order valence-corrected chi connectivity index (χ4v) is 2.20. The highest BCUT2D eigenvalue weighted by Gasteiger charge is 2.14. The maximum absolute atomic E-state index is 11.6. The Morgan fingerprint density at radius 1 is 0.958 bits per heavy atom. The lowest BCUT2D eigenvalue weighted by Crippen LogP contribution is -2.36. The zero-order valence-corrected chi connectivity index (χ0v) is 14.6. The third-order valence-corrected chi connectivity index (χ3v) is 3.29. The van der Waals surface area contributed by atoms with Crippen LogP contribution in [0.3, 0.4) is 0 Å². The van der Waals surface area contributed by atoms with Gasteiger partial charge in [-0.15, -0.1) is 0 Å². The molecule has 0 spiro atoms. The van der Waals surface area contributed by atoms with E-state index in [1.54, 1.807) is 18.7 Å². The quantitative estimate of drug-likeness (QED) is 0.460. The summed E-state index contributed by atoms with van der Waals surface area (Å²) >= 11 is 0. The summed E-state index contributed by atoms with van der Waals surface area (Å²) in [4.78, 5) is 25.0. The fourth-order valence-electron chi connectivity index (χ4n) is 2.20. The van der Waals surface area contributed by atoms with Gasteiger partial charge in [-0.05, 0) is 32.3 Å². The first kappa shape index (κ1) is 19.9. The summed E-state index contributed by atoms with van der Waals surface area (Å²) in [6.07, 6.45) is 5.92. The Bertz CT molecular complexity index is 493.